The first-order valence-electron chi connectivity index (χ1n) is 8.64. The van der Waals surface area contributed by atoms with Gasteiger partial charge < -0.3 is 20.3 Å². The molecule has 126 valence electrons. The van der Waals surface area contributed by atoms with Crippen LogP contribution in [0.15, 0.2) is 0 Å². The minimum atomic E-state index is -0.581. The Hall–Kier alpha value is -0.160. The van der Waals surface area contributed by atoms with Crippen LogP contribution >= 0.6 is 0 Å². The van der Waals surface area contributed by atoms with Gasteiger partial charge in [0.05, 0.1) is 24.4 Å². The van der Waals surface area contributed by atoms with E-state index < -0.39 is 11.7 Å². The first-order valence-corrected chi connectivity index (χ1v) is 8.64. The van der Waals surface area contributed by atoms with Crippen molar-refractivity contribution in [2.75, 3.05) is 19.7 Å². The summed E-state index contributed by atoms with van der Waals surface area (Å²) in [5.41, 5.74) is -0.581. The van der Waals surface area contributed by atoms with Crippen molar-refractivity contribution >= 4 is 0 Å². The summed E-state index contributed by atoms with van der Waals surface area (Å²) in [6.07, 6.45) is 7.11. The van der Waals surface area contributed by atoms with Crippen molar-refractivity contribution in [3.8, 4) is 0 Å². The zero-order valence-corrected chi connectivity index (χ0v) is 14.1. The Morgan fingerprint density at radius 1 is 1.10 bits per heavy atom. The van der Waals surface area contributed by atoms with Crippen molar-refractivity contribution in [3.05, 3.63) is 0 Å². The second-order valence-corrected chi connectivity index (χ2v) is 7.20. The van der Waals surface area contributed by atoms with E-state index in [0.29, 0.717) is 25.6 Å². The molecule has 0 aliphatic heterocycles. The van der Waals surface area contributed by atoms with Crippen molar-refractivity contribution in [1.29, 1.82) is 0 Å². The average molecular weight is 301 g/mol. The summed E-state index contributed by atoms with van der Waals surface area (Å²) in [6, 6.07) is 0. The van der Waals surface area contributed by atoms with Crippen molar-refractivity contribution in [2.45, 2.75) is 83.5 Å². The normalized spacial score (nSPS) is 22.0. The standard InChI is InChI=1S/C17H35NO3/c1-14(2)10-15(3)21-12-16(19)11-18-13-17(20)8-6-4-5-7-9-17/h14-16,18-20H,4-13H2,1-3H3. The van der Waals surface area contributed by atoms with E-state index in [4.69, 9.17) is 4.74 Å². The third-order valence-electron chi connectivity index (χ3n) is 4.24. The smallest absolute Gasteiger partial charge is 0.0897 e. The largest absolute Gasteiger partial charge is 0.389 e. The molecule has 1 fully saturated rings. The molecule has 0 saturated heterocycles. The van der Waals surface area contributed by atoms with E-state index in [0.717, 1.165) is 32.1 Å². The minimum absolute atomic E-state index is 0.186. The third-order valence-corrected chi connectivity index (χ3v) is 4.24. The van der Waals surface area contributed by atoms with E-state index in [1.807, 2.05) is 6.92 Å². The molecule has 1 aliphatic carbocycles. The number of rotatable bonds is 9. The van der Waals surface area contributed by atoms with Gasteiger partial charge in [0, 0.05) is 13.1 Å². The summed E-state index contributed by atoms with van der Waals surface area (Å²) in [5.74, 6) is 0.611. The summed E-state index contributed by atoms with van der Waals surface area (Å²) < 4.78 is 5.65. The molecule has 0 aromatic rings. The van der Waals surface area contributed by atoms with Crippen LogP contribution in [0.5, 0.6) is 0 Å². The molecule has 4 nitrogen and oxygen atoms in total. The Labute approximate surface area is 130 Å². The van der Waals surface area contributed by atoms with E-state index in [9.17, 15) is 10.2 Å². The van der Waals surface area contributed by atoms with Crippen LogP contribution in [0.1, 0.15) is 65.7 Å². The van der Waals surface area contributed by atoms with Gasteiger partial charge in [-0.15, -0.1) is 0 Å². The summed E-state index contributed by atoms with van der Waals surface area (Å²) in [5, 5.41) is 23.6. The zero-order chi connectivity index (χ0) is 15.7. The molecule has 4 heteroatoms. The Morgan fingerprint density at radius 2 is 1.71 bits per heavy atom. The number of aliphatic hydroxyl groups is 2. The van der Waals surface area contributed by atoms with E-state index >= 15 is 0 Å². The van der Waals surface area contributed by atoms with E-state index in [-0.39, 0.29) is 6.10 Å². The second kappa shape index (κ2) is 9.78. The van der Waals surface area contributed by atoms with Crippen LogP contribution < -0.4 is 5.32 Å². The number of aliphatic hydroxyl groups excluding tert-OH is 1. The van der Waals surface area contributed by atoms with Gasteiger partial charge in [0.25, 0.3) is 0 Å². The van der Waals surface area contributed by atoms with Gasteiger partial charge in [-0.2, -0.15) is 0 Å². The van der Waals surface area contributed by atoms with Crippen LogP contribution in [0, 0.1) is 5.92 Å². The van der Waals surface area contributed by atoms with E-state index in [2.05, 4.69) is 19.2 Å². The molecule has 21 heavy (non-hydrogen) atoms. The Morgan fingerprint density at radius 3 is 2.29 bits per heavy atom. The average Bonchev–Trinajstić information content (AvgIpc) is 2.61. The zero-order valence-electron chi connectivity index (χ0n) is 14.1. The molecule has 2 unspecified atom stereocenters. The Balaban J connectivity index is 2.13. The Bertz CT molecular complexity index is 263. The van der Waals surface area contributed by atoms with E-state index in [1.165, 1.54) is 12.8 Å². The molecule has 3 N–H and O–H groups in total. The van der Waals surface area contributed by atoms with Crippen molar-refractivity contribution in [2.24, 2.45) is 5.92 Å². The highest BCUT2D eigenvalue weighted by Gasteiger charge is 2.27. The second-order valence-electron chi connectivity index (χ2n) is 7.20. The maximum absolute atomic E-state index is 10.5. The lowest BCUT2D eigenvalue weighted by molar-refractivity contribution is -0.0140. The highest BCUT2D eigenvalue weighted by molar-refractivity contribution is 4.83. The van der Waals surface area contributed by atoms with Gasteiger partial charge in [-0.25, -0.2) is 0 Å². The summed E-state index contributed by atoms with van der Waals surface area (Å²) in [4.78, 5) is 0. The molecule has 0 bridgehead atoms. The van der Waals surface area contributed by atoms with Crippen LogP contribution in [0.3, 0.4) is 0 Å². The van der Waals surface area contributed by atoms with Crippen molar-refractivity contribution in [3.63, 3.8) is 0 Å². The van der Waals surface area contributed by atoms with Gasteiger partial charge in [-0.3, -0.25) is 0 Å². The lowest BCUT2D eigenvalue weighted by Crippen LogP contribution is -2.43. The molecule has 1 rings (SSSR count). The Kier molecular flexibility index (Phi) is 8.79. The fourth-order valence-electron chi connectivity index (χ4n) is 3.10. The molecule has 0 amide bonds. The predicted octanol–water partition coefficient (Wildman–Crippen LogP) is 2.47. The van der Waals surface area contributed by atoms with Gasteiger partial charge in [-0.05, 0) is 32.1 Å². The van der Waals surface area contributed by atoms with Gasteiger partial charge >= 0.3 is 0 Å². The first kappa shape index (κ1) is 18.9. The lowest BCUT2D eigenvalue weighted by atomic mass is 9.94. The summed E-state index contributed by atoms with van der Waals surface area (Å²) in [7, 11) is 0. The number of nitrogens with one attached hydrogen (secondary N) is 1. The third kappa shape index (κ3) is 8.77. The topological polar surface area (TPSA) is 61.7 Å². The number of hydrogen-bond donors (Lipinski definition) is 3. The minimum Gasteiger partial charge on any atom is -0.389 e. The predicted molar refractivity (Wildman–Crippen MR) is 86.4 cm³/mol. The molecule has 0 aromatic heterocycles. The van der Waals surface area contributed by atoms with E-state index in [1.54, 1.807) is 0 Å². The molecular weight excluding hydrogens is 266 g/mol. The number of ether oxygens (including phenoxy) is 1. The van der Waals surface area contributed by atoms with Gasteiger partial charge in [0.2, 0.25) is 0 Å². The highest BCUT2D eigenvalue weighted by atomic mass is 16.5. The molecule has 0 radical (unpaired) electrons. The summed E-state index contributed by atoms with van der Waals surface area (Å²) in [6.45, 7) is 7.81. The maximum Gasteiger partial charge on any atom is 0.0897 e. The van der Waals surface area contributed by atoms with Gasteiger partial charge in [-0.1, -0.05) is 39.5 Å². The summed E-state index contributed by atoms with van der Waals surface area (Å²) >= 11 is 0. The van der Waals surface area contributed by atoms with Crippen LogP contribution in [-0.2, 0) is 4.74 Å². The van der Waals surface area contributed by atoms with Gasteiger partial charge in [0.15, 0.2) is 0 Å². The molecular formula is C17H35NO3. The van der Waals surface area contributed by atoms with Gasteiger partial charge in [0.1, 0.15) is 0 Å². The molecule has 0 heterocycles. The lowest BCUT2D eigenvalue weighted by Gasteiger charge is -2.27. The fraction of sp³-hybridized carbons (Fsp3) is 1.00. The quantitative estimate of drug-likeness (QED) is 0.573. The van der Waals surface area contributed by atoms with Crippen molar-refractivity contribution < 1.29 is 14.9 Å². The monoisotopic (exact) mass is 301 g/mol. The fourth-order valence-corrected chi connectivity index (χ4v) is 3.10. The van der Waals surface area contributed by atoms with Crippen LogP contribution in [0.2, 0.25) is 0 Å². The van der Waals surface area contributed by atoms with Crippen LogP contribution in [0.25, 0.3) is 0 Å². The molecule has 0 aromatic carbocycles. The SMILES string of the molecule is CC(C)CC(C)OCC(O)CNCC1(O)CCCCCC1. The van der Waals surface area contributed by atoms with Crippen LogP contribution in [-0.4, -0.2) is 47.7 Å². The maximum atomic E-state index is 10.5. The molecule has 1 saturated carbocycles. The van der Waals surface area contributed by atoms with Crippen LogP contribution in [0.4, 0.5) is 0 Å². The number of hydrogen-bond acceptors (Lipinski definition) is 4. The molecule has 2 atom stereocenters. The van der Waals surface area contributed by atoms with Crippen molar-refractivity contribution in [1.82, 2.24) is 5.32 Å². The molecule has 1 aliphatic rings. The highest BCUT2D eigenvalue weighted by Crippen LogP contribution is 2.26. The molecule has 0 spiro atoms. The first-order chi connectivity index (χ1) is 9.91.